The number of carbonyl (C=O) groups is 1. The molecule has 0 spiro atoms. The maximum atomic E-state index is 12.4. The van der Waals surface area contributed by atoms with Gasteiger partial charge >= 0.3 is 0 Å². The van der Waals surface area contributed by atoms with Crippen LogP contribution in [0.2, 0.25) is 10.0 Å². The van der Waals surface area contributed by atoms with E-state index in [9.17, 15) is 13.2 Å². The summed E-state index contributed by atoms with van der Waals surface area (Å²) < 4.78 is 36.5. The molecule has 0 radical (unpaired) electrons. The number of amides is 1. The molecule has 2 aromatic rings. The summed E-state index contributed by atoms with van der Waals surface area (Å²) in [6, 6.07) is 8.35. The van der Waals surface area contributed by atoms with Gasteiger partial charge in [-0.3, -0.25) is 14.2 Å². The highest BCUT2D eigenvalue weighted by Crippen LogP contribution is 2.35. The molecule has 27 heavy (non-hydrogen) atoms. The smallest absolute Gasteiger partial charge is 0.266 e. The second-order valence-corrected chi connectivity index (χ2v) is 9.54. The van der Waals surface area contributed by atoms with Gasteiger partial charge in [0.2, 0.25) is 0 Å². The molecule has 6 nitrogen and oxygen atoms in total. The van der Waals surface area contributed by atoms with Gasteiger partial charge in [-0.2, -0.15) is 8.42 Å². The summed E-state index contributed by atoms with van der Waals surface area (Å²) in [7, 11) is -4.19. The SMILES string of the molecule is O=C1/C(=C/c2ccc(-c3cc(Cl)ccc3Cl)o2)SC(=S)N1CCS(=O)(=O)O. The van der Waals surface area contributed by atoms with Crippen molar-refractivity contribution >= 4 is 73.6 Å². The molecule has 1 aromatic heterocycles. The van der Waals surface area contributed by atoms with E-state index in [4.69, 9.17) is 44.4 Å². The largest absolute Gasteiger partial charge is 0.457 e. The first kappa shape index (κ1) is 20.4. The van der Waals surface area contributed by atoms with Crippen LogP contribution in [0.25, 0.3) is 17.4 Å². The summed E-state index contributed by atoms with van der Waals surface area (Å²) in [5.74, 6) is -0.162. The van der Waals surface area contributed by atoms with E-state index in [0.29, 0.717) is 27.1 Å². The average molecular weight is 464 g/mol. The Hall–Kier alpha value is -1.36. The van der Waals surface area contributed by atoms with Crippen molar-refractivity contribution in [3.63, 3.8) is 0 Å². The second kappa shape index (κ2) is 7.94. The monoisotopic (exact) mass is 463 g/mol. The van der Waals surface area contributed by atoms with Gasteiger partial charge in [-0.25, -0.2) is 0 Å². The maximum absolute atomic E-state index is 12.4. The summed E-state index contributed by atoms with van der Waals surface area (Å²) in [5, 5.41) is 0.976. The van der Waals surface area contributed by atoms with E-state index in [1.165, 1.54) is 6.08 Å². The third kappa shape index (κ3) is 4.92. The normalized spacial score (nSPS) is 16.6. The Bertz CT molecular complexity index is 1060. The van der Waals surface area contributed by atoms with Crippen molar-refractivity contribution in [1.29, 1.82) is 0 Å². The number of rotatable bonds is 5. The second-order valence-electron chi connectivity index (χ2n) is 5.45. The van der Waals surface area contributed by atoms with Gasteiger partial charge in [-0.15, -0.1) is 0 Å². The zero-order valence-corrected chi connectivity index (χ0v) is 17.3. The number of benzene rings is 1. The van der Waals surface area contributed by atoms with Crippen molar-refractivity contribution in [3.05, 3.63) is 51.0 Å². The summed E-state index contributed by atoms with van der Waals surface area (Å²) in [4.78, 5) is 13.8. The Kier molecular flexibility index (Phi) is 5.99. The van der Waals surface area contributed by atoms with Crippen LogP contribution in [-0.4, -0.2) is 40.4 Å². The first-order chi connectivity index (χ1) is 12.6. The van der Waals surface area contributed by atoms with E-state index in [1.807, 2.05) is 0 Å². The highest BCUT2D eigenvalue weighted by Gasteiger charge is 2.32. The fraction of sp³-hybridized carbons (Fsp3) is 0.125. The quantitative estimate of drug-likeness (QED) is 0.400. The predicted octanol–water partition coefficient (Wildman–Crippen LogP) is 4.34. The standard InChI is InChI=1S/C16H11Cl2NO5S3/c17-9-1-3-12(18)11(7-9)13-4-2-10(24-13)8-14-15(20)19(16(25)26-14)5-6-27(21,22)23/h1-4,7-8H,5-6H2,(H,21,22,23)/b14-8-. The molecule has 0 unspecified atom stereocenters. The molecule has 1 amide bonds. The Labute approximate surface area is 174 Å². The number of carbonyl (C=O) groups excluding carboxylic acids is 1. The molecule has 1 aliphatic rings. The van der Waals surface area contributed by atoms with Gasteiger partial charge in [-0.1, -0.05) is 47.2 Å². The fourth-order valence-corrected chi connectivity index (χ4v) is 4.37. The van der Waals surface area contributed by atoms with Crippen LogP contribution in [0.4, 0.5) is 0 Å². The zero-order valence-electron chi connectivity index (χ0n) is 13.4. The van der Waals surface area contributed by atoms with Crippen LogP contribution in [-0.2, 0) is 14.9 Å². The molecule has 142 valence electrons. The van der Waals surface area contributed by atoms with Crippen LogP contribution in [0.15, 0.2) is 39.7 Å². The number of hydrogen-bond donors (Lipinski definition) is 1. The van der Waals surface area contributed by atoms with Crippen molar-refractivity contribution in [2.45, 2.75) is 0 Å². The minimum Gasteiger partial charge on any atom is -0.457 e. The van der Waals surface area contributed by atoms with Crippen molar-refractivity contribution in [2.24, 2.45) is 0 Å². The first-order valence-electron chi connectivity index (χ1n) is 7.40. The molecular formula is C16H11Cl2NO5S3. The molecule has 1 N–H and O–H groups in total. The lowest BCUT2D eigenvalue weighted by Gasteiger charge is -2.12. The minimum atomic E-state index is -4.19. The Morgan fingerprint density at radius 1 is 1.26 bits per heavy atom. The van der Waals surface area contributed by atoms with Crippen molar-refractivity contribution in [1.82, 2.24) is 4.90 Å². The topological polar surface area (TPSA) is 87.8 Å². The molecule has 1 saturated heterocycles. The molecule has 3 rings (SSSR count). The molecule has 0 saturated carbocycles. The molecular weight excluding hydrogens is 453 g/mol. The van der Waals surface area contributed by atoms with Crippen molar-refractivity contribution in [3.8, 4) is 11.3 Å². The predicted molar refractivity (Wildman–Crippen MR) is 110 cm³/mol. The zero-order chi connectivity index (χ0) is 19.8. The van der Waals surface area contributed by atoms with Crippen molar-refractivity contribution in [2.75, 3.05) is 12.3 Å². The first-order valence-corrected chi connectivity index (χ1v) is 11.0. The van der Waals surface area contributed by atoms with E-state index in [2.05, 4.69) is 0 Å². The van der Waals surface area contributed by atoms with E-state index in [0.717, 1.165) is 16.7 Å². The van der Waals surface area contributed by atoms with Crippen LogP contribution >= 0.6 is 47.2 Å². The lowest BCUT2D eigenvalue weighted by Crippen LogP contribution is -2.32. The van der Waals surface area contributed by atoms with E-state index < -0.39 is 21.8 Å². The number of hydrogen-bond acceptors (Lipinski definition) is 6. The van der Waals surface area contributed by atoms with Crippen LogP contribution < -0.4 is 0 Å². The molecule has 1 aromatic carbocycles. The Balaban J connectivity index is 1.82. The lowest BCUT2D eigenvalue weighted by molar-refractivity contribution is -0.121. The Morgan fingerprint density at radius 3 is 2.70 bits per heavy atom. The third-order valence-electron chi connectivity index (χ3n) is 3.54. The summed E-state index contributed by atoms with van der Waals surface area (Å²) in [6.45, 7) is -0.220. The number of thiocarbonyl (C=S) groups is 1. The molecule has 0 aliphatic carbocycles. The Morgan fingerprint density at radius 2 is 2.00 bits per heavy atom. The molecule has 1 aliphatic heterocycles. The number of halogens is 2. The van der Waals surface area contributed by atoms with Gasteiger partial charge in [0.05, 0.1) is 15.7 Å². The van der Waals surface area contributed by atoms with E-state index in [-0.39, 0.29) is 15.8 Å². The minimum absolute atomic E-state index is 0.208. The van der Waals surface area contributed by atoms with Gasteiger partial charge in [0.1, 0.15) is 15.8 Å². The maximum Gasteiger partial charge on any atom is 0.266 e. The fourth-order valence-electron chi connectivity index (χ4n) is 2.29. The number of thioether (sulfide) groups is 1. The van der Waals surface area contributed by atoms with E-state index in [1.54, 1.807) is 30.3 Å². The molecule has 2 heterocycles. The highest BCUT2D eigenvalue weighted by molar-refractivity contribution is 8.26. The molecule has 0 atom stereocenters. The van der Waals surface area contributed by atoms with Gasteiger partial charge in [0, 0.05) is 23.2 Å². The van der Waals surface area contributed by atoms with Crippen LogP contribution in [0.3, 0.4) is 0 Å². The van der Waals surface area contributed by atoms with Gasteiger partial charge in [0.15, 0.2) is 0 Å². The number of furan rings is 1. The molecule has 1 fully saturated rings. The van der Waals surface area contributed by atoms with Gasteiger partial charge in [-0.05, 0) is 30.3 Å². The van der Waals surface area contributed by atoms with Gasteiger partial charge < -0.3 is 4.42 Å². The summed E-state index contributed by atoms with van der Waals surface area (Å²) >= 11 is 18.3. The van der Waals surface area contributed by atoms with Crippen LogP contribution in [0.5, 0.6) is 0 Å². The van der Waals surface area contributed by atoms with E-state index >= 15 is 0 Å². The van der Waals surface area contributed by atoms with Crippen LogP contribution in [0, 0.1) is 0 Å². The third-order valence-corrected chi connectivity index (χ3v) is 6.18. The molecule has 11 heteroatoms. The van der Waals surface area contributed by atoms with Crippen LogP contribution in [0.1, 0.15) is 5.76 Å². The lowest BCUT2D eigenvalue weighted by atomic mass is 10.2. The number of nitrogens with zero attached hydrogens (tertiary/aromatic N) is 1. The summed E-state index contributed by atoms with van der Waals surface area (Å²) in [6.07, 6.45) is 1.51. The highest BCUT2D eigenvalue weighted by atomic mass is 35.5. The summed E-state index contributed by atoms with van der Waals surface area (Å²) in [5.41, 5.74) is 0.615. The van der Waals surface area contributed by atoms with Crippen molar-refractivity contribution < 1.29 is 22.2 Å². The molecule has 0 bridgehead atoms. The average Bonchev–Trinajstić information content (AvgIpc) is 3.13. The van der Waals surface area contributed by atoms with Gasteiger partial charge in [0.25, 0.3) is 16.0 Å².